The zero-order valence-electron chi connectivity index (χ0n) is 16.0. The second-order valence-electron chi connectivity index (χ2n) is 7.18. The molecule has 0 saturated carbocycles. The van der Waals surface area contributed by atoms with E-state index in [1.165, 1.54) is 0 Å². The number of benzene rings is 1. The van der Waals surface area contributed by atoms with Crippen LogP contribution in [0.15, 0.2) is 24.3 Å². The van der Waals surface area contributed by atoms with Gasteiger partial charge in [0.25, 0.3) is 0 Å². The third-order valence-electron chi connectivity index (χ3n) is 4.28. The average Bonchev–Trinajstić information content (AvgIpc) is 2.61. The lowest BCUT2D eigenvalue weighted by molar-refractivity contribution is 0.259. The molecule has 0 bridgehead atoms. The fraction of sp³-hybridized carbons (Fsp3) is 0.500. The van der Waals surface area contributed by atoms with Gasteiger partial charge in [-0.2, -0.15) is 15.2 Å². The van der Waals surface area contributed by atoms with Crippen molar-refractivity contribution in [1.82, 2.24) is 15.0 Å². The molecule has 2 aromatic rings. The van der Waals surface area contributed by atoms with Gasteiger partial charge >= 0.3 is 0 Å². The first-order valence-electron chi connectivity index (χ1n) is 9.14. The number of aliphatic hydroxyl groups is 1. The van der Waals surface area contributed by atoms with Crippen LogP contribution in [-0.4, -0.2) is 32.7 Å². The maximum atomic E-state index is 9.54. The van der Waals surface area contributed by atoms with Gasteiger partial charge < -0.3 is 10.4 Å². The van der Waals surface area contributed by atoms with Crippen LogP contribution in [0.2, 0.25) is 5.28 Å². The molecule has 2 N–H and O–H groups in total. The number of aromatic nitrogens is 3. The van der Waals surface area contributed by atoms with Gasteiger partial charge in [0.15, 0.2) is 0 Å². The van der Waals surface area contributed by atoms with E-state index in [1.54, 1.807) is 0 Å². The van der Waals surface area contributed by atoms with Crippen LogP contribution < -0.4 is 5.32 Å². The number of anilines is 1. The molecule has 144 valence electrons. The van der Waals surface area contributed by atoms with Crippen LogP contribution >= 0.6 is 11.6 Å². The lowest BCUT2D eigenvalue weighted by atomic mass is 9.96. The maximum absolute atomic E-state index is 9.54. The highest BCUT2D eigenvalue weighted by molar-refractivity contribution is 6.28. The number of nitrogens with zero attached hydrogens (tertiary/aromatic N) is 4. The van der Waals surface area contributed by atoms with Gasteiger partial charge in [0, 0.05) is 6.42 Å². The molecule has 7 heteroatoms. The van der Waals surface area contributed by atoms with E-state index in [1.807, 2.05) is 24.3 Å². The largest absolute Gasteiger partial charge is 0.394 e. The Morgan fingerprint density at radius 2 is 1.85 bits per heavy atom. The highest BCUT2D eigenvalue weighted by Gasteiger charge is 2.15. The summed E-state index contributed by atoms with van der Waals surface area (Å²) in [6.45, 7) is 6.29. The summed E-state index contributed by atoms with van der Waals surface area (Å²) in [7, 11) is 0. The number of nitrogens with one attached hydrogen (secondary N) is 1. The van der Waals surface area contributed by atoms with E-state index in [4.69, 9.17) is 16.9 Å². The first-order valence-corrected chi connectivity index (χ1v) is 9.52. The number of hydrogen-bond donors (Lipinski definition) is 2. The molecule has 2 unspecified atom stereocenters. The van der Waals surface area contributed by atoms with Gasteiger partial charge in [0.05, 0.1) is 25.1 Å². The van der Waals surface area contributed by atoms with Crippen molar-refractivity contribution in [2.24, 2.45) is 5.92 Å². The molecule has 6 nitrogen and oxygen atoms in total. The smallest absolute Gasteiger partial charge is 0.227 e. The molecule has 2 atom stereocenters. The second-order valence-corrected chi connectivity index (χ2v) is 7.52. The van der Waals surface area contributed by atoms with Gasteiger partial charge in [0.2, 0.25) is 11.2 Å². The molecular weight excluding hydrogens is 362 g/mol. The van der Waals surface area contributed by atoms with E-state index in [-0.39, 0.29) is 23.9 Å². The normalized spacial score (nSPS) is 13.2. The van der Waals surface area contributed by atoms with Crippen molar-refractivity contribution in [3.63, 3.8) is 0 Å². The molecule has 27 heavy (non-hydrogen) atoms. The molecule has 0 amide bonds. The van der Waals surface area contributed by atoms with Gasteiger partial charge in [-0.15, -0.1) is 0 Å². The van der Waals surface area contributed by atoms with Crippen molar-refractivity contribution in [3.05, 3.63) is 46.5 Å². The van der Waals surface area contributed by atoms with Crippen molar-refractivity contribution < 1.29 is 5.11 Å². The number of rotatable bonds is 9. The first kappa shape index (κ1) is 21.1. The van der Waals surface area contributed by atoms with E-state index < -0.39 is 0 Å². The van der Waals surface area contributed by atoms with Crippen LogP contribution in [0.25, 0.3) is 0 Å². The molecule has 0 spiro atoms. The van der Waals surface area contributed by atoms with Crippen LogP contribution in [0.4, 0.5) is 5.95 Å². The minimum atomic E-state index is -0.124. The molecule has 1 aromatic carbocycles. The quantitative estimate of drug-likeness (QED) is 0.680. The van der Waals surface area contributed by atoms with Crippen LogP contribution in [0, 0.1) is 17.2 Å². The summed E-state index contributed by atoms with van der Waals surface area (Å²) in [6.07, 6.45) is 1.83. The Hall–Kier alpha value is -2.23. The van der Waals surface area contributed by atoms with Crippen molar-refractivity contribution in [3.8, 4) is 6.07 Å². The van der Waals surface area contributed by atoms with Crippen LogP contribution in [0.1, 0.15) is 50.1 Å². The number of hydrogen-bond acceptors (Lipinski definition) is 6. The highest BCUT2D eigenvalue weighted by Crippen LogP contribution is 2.21. The summed E-state index contributed by atoms with van der Waals surface area (Å²) < 4.78 is 0. The molecule has 0 radical (unpaired) electrons. The minimum Gasteiger partial charge on any atom is -0.394 e. The first-order chi connectivity index (χ1) is 12.9. The summed E-state index contributed by atoms with van der Waals surface area (Å²) in [6, 6.07) is 10.0. The monoisotopic (exact) mass is 387 g/mol. The highest BCUT2D eigenvalue weighted by atomic mass is 35.5. The standard InChI is InChI=1S/C20H26ClN5O/c1-13(2)10-17(12-27)23-20-25-18(24-19(21)26-20)11-14(3)16-6-4-15(5-7-16)8-9-22/h4-7,13-14,17,27H,8,10-12H2,1-3H3,(H,23,24,25,26). The van der Waals surface area contributed by atoms with Gasteiger partial charge in [0.1, 0.15) is 5.82 Å². The molecule has 2 rings (SSSR count). The molecule has 0 fully saturated rings. The summed E-state index contributed by atoms with van der Waals surface area (Å²) >= 11 is 6.07. The van der Waals surface area contributed by atoms with E-state index in [0.29, 0.717) is 30.5 Å². The number of halogens is 1. The Morgan fingerprint density at radius 1 is 1.15 bits per heavy atom. The summed E-state index contributed by atoms with van der Waals surface area (Å²) in [4.78, 5) is 12.8. The molecule has 0 aliphatic rings. The zero-order valence-corrected chi connectivity index (χ0v) is 16.7. The van der Waals surface area contributed by atoms with Crippen molar-refractivity contribution >= 4 is 17.5 Å². The Kier molecular flexibility index (Phi) is 7.96. The summed E-state index contributed by atoms with van der Waals surface area (Å²) in [5.41, 5.74) is 2.15. The average molecular weight is 388 g/mol. The van der Waals surface area contributed by atoms with Gasteiger partial charge in [-0.25, -0.2) is 4.98 Å². The molecule has 1 aromatic heterocycles. The van der Waals surface area contributed by atoms with E-state index in [0.717, 1.165) is 17.5 Å². The van der Waals surface area contributed by atoms with Crippen molar-refractivity contribution in [1.29, 1.82) is 5.26 Å². The molecule has 0 aliphatic carbocycles. The fourth-order valence-electron chi connectivity index (χ4n) is 2.92. The Labute approximate surface area is 165 Å². The topological polar surface area (TPSA) is 94.7 Å². The van der Waals surface area contributed by atoms with Crippen LogP contribution in [0.5, 0.6) is 0 Å². The van der Waals surface area contributed by atoms with Crippen LogP contribution in [0.3, 0.4) is 0 Å². The third-order valence-corrected chi connectivity index (χ3v) is 4.45. The fourth-order valence-corrected chi connectivity index (χ4v) is 3.10. The Bertz CT molecular complexity index is 773. The van der Waals surface area contributed by atoms with E-state index >= 15 is 0 Å². The van der Waals surface area contributed by atoms with Gasteiger partial charge in [-0.1, -0.05) is 45.0 Å². The Morgan fingerprint density at radius 3 is 2.44 bits per heavy atom. The molecular formula is C20H26ClN5O. The van der Waals surface area contributed by atoms with Crippen molar-refractivity contribution in [2.75, 3.05) is 11.9 Å². The van der Waals surface area contributed by atoms with Crippen LogP contribution in [-0.2, 0) is 12.8 Å². The SMILES string of the molecule is CC(C)CC(CO)Nc1nc(Cl)nc(CC(C)c2ccc(CC#N)cc2)n1. The van der Waals surface area contributed by atoms with E-state index in [2.05, 4.69) is 47.1 Å². The lowest BCUT2D eigenvalue weighted by Gasteiger charge is -2.18. The van der Waals surface area contributed by atoms with Crippen molar-refractivity contribution in [2.45, 2.75) is 52.0 Å². The minimum absolute atomic E-state index is 0.00225. The number of aliphatic hydroxyl groups excluding tert-OH is 1. The predicted octanol–water partition coefficient (Wildman–Crippen LogP) is 3.76. The third kappa shape index (κ3) is 6.78. The zero-order chi connectivity index (χ0) is 19.8. The maximum Gasteiger partial charge on any atom is 0.227 e. The number of nitriles is 1. The molecule has 1 heterocycles. The molecule has 0 saturated heterocycles. The second kappa shape index (κ2) is 10.2. The van der Waals surface area contributed by atoms with Gasteiger partial charge in [-0.3, -0.25) is 0 Å². The van der Waals surface area contributed by atoms with Gasteiger partial charge in [-0.05, 0) is 41.0 Å². The molecule has 0 aliphatic heterocycles. The van der Waals surface area contributed by atoms with E-state index in [9.17, 15) is 5.11 Å². The Balaban J connectivity index is 2.09. The summed E-state index contributed by atoms with van der Waals surface area (Å²) in [5, 5.41) is 21.6. The summed E-state index contributed by atoms with van der Waals surface area (Å²) in [5.74, 6) is 1.63. The lowest BCUT2D eigenvalue weighted by Crippen LogP contribution is -2.27. The predicted molar refractivity (Wildman–Crippen MR) is 107 cm³/mol.